The molecular weight excluding hydrogens is 202 g/mol. The molecule has 0 aromatic carbocycles. The highest BCUT2D eigenvalue weighted by Gasteiger charge is 2.12. The third-order valence-corrected chi connectivity index (χ3v) is 2.20. The van der Waals surface area contributed by atoms with E-state index >= 15 is 0 Å². The lowest BCUT2D eigenvalue weighted by Gasteiger charge is -2.05. The maximum atomic E-state index is 8.98. The Morgan fingerprint density at radius 1 is 1.44 bits per heavy atom. The van der Waals surface area contributed by atoms with E-state index in [2.05, 4.69) is 16.0 Å². The maximum Gasteiger partial charge on any atom is 0.153 e. The molecular formula is C12H11N3O. The second-order valence-corrected chi connectivity index (χ2v) is 3.73. The van der Waals surface area contributed by atoms with Gasteiger partial charge < -0.3 is 4.42 Å². The van der Waals surface area contributed by atoms with Crippen LogP contribution in [0.2, 0.25) is 0 Å². The zero-order valence-electron chi connectivity index (χ0n) is 9.14. The first-order valence-electron chi connectivity index (χ1n) is 5.03. The second kappa shape index (κ2) is 4.15. The van der Waals surface area contributed by atoms with Gasteiger partial charge in [-0.2, -0.15) is 5.26 Å². The van der Waals surface area contributed by atoms with Crippen LogP contribution in [0, 0.1) is 11.3 Å². The standard InChI is InChI=1S/C12H11N3O/c1-8(2)12-14-7-9(6-13)11(15-12)10-4-3-5-16-10/h3-5,7-8H,1-2H3. The Hall–Kier alpha value is -2.15. The van der Waals surface area contributed by atoms with E-state index in [-0.39, 0.29) is 5.92 Å². The summed E-state index contributed by atoms with van der Waals surface area (Å²) in [4.78, 5) is 8.50. The van der Waals surface area contributed by atoms with Crippen molar-refractivity contribution in [2.24, 2.45) is 0 Å². The zero-order valence-corrected chi connectivity index (χ0v) is 9.14. The van der Waals surface area contributed by atoms with E-state index in [4.69, 9.17) is 9.68 Å². The Labute approximate surface area is 93.6 Å². The Morgan fingerprint density at radius 3 is 2.81 bits per heavy atom. The summed E-state index contributed by atoms with van der Waals surface area (Å²) in [6, 6.07) is 5.62. The van der Waals surface area contributed by atoms with E-state index in [9.17, 15) is 0 Å². The van der Waals surface area contributed by atoms with Crippen LogP contribution < -0.4 is 0 Å². The highest BCUT2D eigenvalue weighted by atomic mass is 16.3. The van der Waals surface area contributed by atoms with Crippen LogP contribution in [0.15, 0.2) is 29.0 Å². The average Bonchev–Trinajstić information content (AvgIpc) is 2.81. The molecule has 0 bridgehead atoms. The molecule has 0 aliphatic carbocycles. The van der Waals surface area contributed by atoms with Gasteiger partial charge in [0, 0.05) is 12.1 Å². The fraction of sp³-hybridized carbons (Fsp3) is 0.250. The first kappa shape index (κ1) is 10.4. The van der Waals surface area contributed by atoms with Crippen LogP contribution in [-0.2, 0) is 0 Å². The summed E-state index contributed by atoms with van der Waals surface area (Å²) >= 11 is 0. The maximum absolute atomic E-state index is 8.98. The van der Waals surface area contributed by atoms with E-state index in [0.29, 0.717) is 22.8 Å². The minimum Gasteiger partial charge on any atom is -0.463 e. The molecule has 0 aliphatic rings. The Balaban J connectivity index is 2.58. The Morgan fingerprint density at radius 2 is 2.25 bits per heavy atom. The highest BCUT2D eigenvalue weighted by Crippen LogP contribution is 2.22. The zero-order chi connectivity index (χ0) is 11.5. The summed E-state index contributed by atoms with van der Waals surface area (Å²) in [6.45, 7) is 4.01. The van der Waals surface area contributed by atoms with E-state index < -0.39 is 0 Å². The van der Waals surface area contributed by atoms with Crippen LogP contribution in [0.5, 0.6) is 0 Å². The van der Waals surface area contributed by atoms with Crippen molar-refractivity contribution >= 4 is 0 Å². The molecule has 0 saturated heterocycles. The Kier molecular flexibility index (Phi) is 2.69. The quantitative estimate of drug-likeness (QED) is 0.769. The summed E-state index contributed by atoms with van der Waals surface area (Å²) in [6.07, 6.45) is 3.10. The van der Waals surface area contributed by atoms with Crippen LogP contribution in [-0.4, -0.2) is 9.97 Å². The van der Waals surface area contributed by atoms with Crippen LogP contribution in [0.4, 0.5) is 0 Å². The molecule has 0 saturated carbocycles. The number of hydrogen-bond donors (Lipinski definition) is 0. The third kappa shape index (κ3) is 1.80. The monoisotopic (exact) mass is 213 g/mol. The Bertz CT molecular complexity index is 524. The summed E-state index contributed by atoms with van der Waals surface area (Å²) in [5.41, 5.74) is 0.991. The third-order valence-electron chi connectivity index (χ3n) is 2.20. The molecule has 2 aromatic heterocycles. The van der Waals surface area contributed by atoms with Crippen LogP contribution in [0.25, 0.3) is 11.5 Å². The van der Waals surface area contributed by atoms with Crippen LogP contribution in [0.3, 0.4) is 0 Å². The fourth-order valence-corrected chi connectivity index (χ4v) is 1.36. The van der Waals surface area contributed by atoms with Gasteiger partial charge in [0.25, 0.3) is 0 Å². The SMILES string of the molecule is CC(C)c1ncc(C#N)c(-c2ccco2)n1. The van der Waals surface area contributed by atoms with Gasteiger partial charge in [-0.1, -0.05) is 13.8 Å². The van der Waals surface area contributed by atoms with E-state index in [1.54, 1.807) is 24.6 Å². The van der Waals surface area contributed by atoms with Crippen molar-refractivity contribution in [3.05, 3.63) is 36.0 Å². The van der Waals surface area contributed by atoms with Gasteiger partial charge >= 0.3 is 0 Å². The summed E-state index contributed by atoms with van der Waals surface area (Å²) < 4.78 is 5.26. The summed E-state index contributed by atoms with van der Waals surface area (Å²) in [5.74, 6) is 1.53. The van der Waals surface area contributed by atoms with Gasteiger partial charge in [0.1, 0.15) is 17.6 Å². The van der Waals surface area contributed by atoms with Crippen LogP contribution >= 0.6 is 0 Å². The predicted octanol–water partition coefficient (Wildman–Crippen LogP) is 2.73. The lowest BCUT2D eigenvalue weighted by atomic mass is 10.1. The molecule has 2 rings (SSSR count). The molecule has 0 N–H and O–H groups in total. The van der Waals surface area contributed by atoms with Gasteiger partial charge in [-0.15, -0.1) is 0 Å². The molecule has 80 valence electrons. The van der Waals surface area contributed by atoms with Gasteiger partial charge in [0.2, 0.25) is 0 Å². The number of hydrogen-bond acceptors (Lipinski definition) is 4. The largest absolute Gasteiger partial charge is 0.463 e. The number of rotatable bonds is 2. The molecule has 0 radical (unpaired) electrons. The van der Waals surface area contributed by atoms with Crippen molar-refractivity contribution in [3.63, 3.8) is 0 Å². The van der Waals surface area contributed by atoms with Gasteiger partial charge in [-0.05, 0) is 12.1 Å². The first-order valence-corrected chi connectivity index (χ1v) is 5.03. The van der Waals surface area contributed by atoms with Crippen molar-refractivity contribution in [1.29, 1.82) is 5.26 Å². The number of furan rings is 1. The van der Waals surface area contributed by atoms with E-state index in [1.165, 1.54) is 0 Å². The smallest absolute Gasteiger partial charge is 0.153 e. The van der Waals surface area contributed by atoms with Crippen LogP contribution in [0.1, 0.15) is 31.2 Å². The number of aromatic nitrogens is 2. The minimum atomic E-state index is 0.224. The molecule has 0 aliphatic heterocycles. The van der Waals surface area contributed by atoms with Crippen molar-refractivity contribution < 1.29 is 4.42 Å². The van der Waals surface area contributed by atoms with Crippen molar-refractivity contribution in [3.8, 4) is 17.5 Å². The molecule has 2 aromatic rings. The molecule has 4 nitrogen and oxygen atoms in total. The first-order chi connectivity index (χ1) is 7.72. The molecule has 0 fully saturated rings. The molecule has 0 spiro atoms. The van der Waals surface area contributed by atoms with Gasteiger partial charge in [0.15, 0.2) is 5.76 Å². The number of nitrogens with zero attached hydrogens (tertiary/aromatic N) is 3. The minimum absolute atomic E-state index is 0.224. The molecule has 4 heteroatoms. The van der Waals surface area contributed by atoms with E-state index in [0.717, 1.165) is 0 Å². The summed E-state index contributed by atoms with van der Waals surface area (Å²) in [5, 5.41) is 8.98. The number of nitriles is 1. The van der Waals surface area contributed by atoms with Gasteiger partial charge in [-0.3, -0.25) is 0 Å². The second-order valence-electron chi connectivity index (χ2n) is 3.73. The van der Waals surface area contributed by atoms with Gasteiger partial charge in [0.05, 0.1) is 11.8 Å². The molecule has 0 amide bonds. The molecule has 16 heavy (non-hydrogen) atoms. The fourth-order valence-electron chi connectivity index (χ4n) is 1.36. The lowest BCUT2D eigenvalue weighted by Crippen LogP contribution is -2.00. The summed E-state index contributed by atoms with van der Waals surface area (Å²) in [7, 11) is 0. The molecule has 2 heterocycles. The van der Waals surface area contributed by atoms with E-state index in [1.807, 2.05) is 13.8 Å². The topological polar surface area (TPSA) is 62.7 Å². The lowest BCUT2D eigenvalue weighted by molar-refractivity contribution is 0.578. The average molecular weight is 213 g/mol. The molecule has 0 atom stereocenters. The predicted molar refractivity (Wildman–Crippen MR) is 58.5 cm³/mol. The van der Waals surface area contributed by atoms with Crippen molar-refractivity contribution in [2.75, 3.05) is 0 Å². The molecule has 0 unspecified atom stereocenters. The normalized spacial score (nSPS) is 10.4. The highest BCUT2D eigenvalue weighted by molar-refractivity contribution is 5.60. The van der Waals surface area contributed by atoms with Gasteiger partial charge in [-0.25, -0.2) is 9.97 Å². The van der Waals surface area contributed by atoms with Crippen molar-refractivity contribution in [2.45, 2.75) is 19.8 Å². The van der Waals surface area contributed by atoms with Crippen molar-refractivity contribution in [1.82, 2.24) is 9.97 Å².